The van der Waals surface area contributed by atoms with Crippen LogP contribution in [0.5, 0.6) is 0 Å². The van der Waals surface area contributed by atoms with Gasteiger partial charge in [0.1, 0.15) is 12.6 Å². The zero-order valence-corrected chi connectivity index (χ0v) is 22.1. The normalized spacial score (nSPS) is 12.4. The predicted molar refractivity (Wildman–Crippen MR) is 137 cm³/mol. The van der Waals surface area contributed by atoms with E-state index in [0.717, 1.165) is 32.8 Å². The van der Waals surface area contributed by atoms with E-state index in [1.807, 2.05) is 77.1 Å². The number of anilines is 1. The number of nitrogens with one attached hydrogen (secondary N) is 1. The van der Waals surface area contributed by atoms with Gasteiger partial charge in [0.25, 0.3) is 0 Å². The highest BCUT2D eigenvalue weighted by Crippen LogP contribution is 2.27. The Hall–Kier alpha value is -2.87. The Balaban J connectivity index is 2.44. The number of rotatable bonds is 10. The Bertz CT molecular complexity index is 1110. The fourth-order valence-electron chi connectivity index (χ4n) is 3.78. The third kappa shape index (κ3) is 7.06. The zero-order valence-electron chi connectivity index (χ0n) is 21.3. The van der Waals surface area contributed by atoms with Crippen molar-refractivity contribution in [2.75, 3.05) is 23.7 Å². The standard InChI is InChI=1S/C26H37N3O4S/c1-18(2)15-27-26(31)22(6)28(16-23-14-9-8-11-19(23)3)24(30)17-29(34(7,32)33)25-20(4)12-10-13-21(25)5/h8-14,18,22H,15-17H2,1-7H3,(H,27,31)/t22-/m1/s1. The first kappa shape index (κ1) is 27.4. The number of benzene rings is 2. The van der Waals surface area contributed by atoms with Gasteiger partial charge in [0, 0.05) is 13.1 Å². The molecule has 2 amide bonds. The Morgan fingerprint density at radius 1 is 0.912 bits per heavy atom. The molecule has 0 aliphatic heterocycles. The molecule has 7 nitrogen and oxygen atoms in total. The van der Waals surface area contributed by atoms with Crippen molar-refractivity contribution in [3.05, 3.63) is 64.7 Å². The van der Waals surface area contributed by atoms with E-state index in [1.54, 1.807) is 6.92 Å². The number of carbonyl (C=O) groups excluding carboxylic acids is 2. The average molecular weight is 488 g/mol. The number of hydrogen-bond acceptors (Lipinski definition) is 4. The van der Waals surface area contributed by atoms with Crippen LogP contribution in [0, 0.1) is 26.7 Å². The summed E-state index contributed by atoms with van der Waals surface area (Å²) in [5, 5.41) is 2.89. The van der Waals surface area contributed by atoms with Crippen molar-refractivity contribution in [2.45, 2.75) is 54.1 Å². The van der Waals surface area contributed by atoms with Crippen molar-refractivity contribution >= 4 is 27.5 Å². The maximum Gasteiger partial charge on any atom is 0.244 e. The summed E-state index contributed by atoms with van der Waals surface area (Å²) in [6, 6.07) is 12.4. The molecule has 1 N–H and O–H groups in total. The Labute approximate surface area is 204 Å². The molecule has 2 rings (SSSR count). The molecule has 0 saturated heterocycles. The van der Waals surface area contributed by atoms with E-state index in [2.05, 4.69) is 5.32 Å². The van der Waals surface area contributed by atoms with Crippen molar-refractivity contribution in [3.63, 3.8) is 0 Å². The largest absolute Gasteiger partial charge is 0.354 e. The lowest BCUT2D eigenvalue weighted by atomic mass is 10.1. The number of sulfonamides is 1. The molecule has 0 unspecified atom stereocenters. The van der Waals surface area contributed by atoms with E-state index >= 15 is 0 Å². The third-order valence-electron chi connectivity index (χ3n) is 5.82. The number of hydrogen-bond donors (Lipinski definition) is 1. The van der Waals surface area contributed by atoms with E-state index in [-0.39, 0.29) is 18.4 Å². The number of para-hydroxylation sites is 1. The number of aryl methyl sites for hydroxylation is 3. The first-order valence-corrected chi connectivity index (χ1v) is 13.3. The highest BCUT2D eigenvalue weighted by Gasteiger charge is 2.31. The van der Waals surface area contributed by atoms with Crippen molar-refractivity contribution in [2.24, 2.45) is 5.92 Å². The fraction of sp³-hybridized carbons (Fsp3) is 0.462. The second-order valence-corrected chi connectivity index (χ2v) is 11.2. The van der Waals surface area contributed by atoms with E-state index < -0.39 is 28.5 Å². The molecule has 8 heteroatoms. The monoisotopic (exact) mass is 487 g/mol. The fourth-order valence-corrected chi connectivity index (χ4v) is 4.75. The number of nitrogens with zero attached hydrogens (tertiary/aromatic N) is 2. The highest BCUT2D eigenvalue weighted by molar-refractivity contribution is 7.92. The quantitative estimate of drug-likeness (QED) is 0.555. The van der Waals surface area contributed by atoms with Gasteiger partial charge in [0.2, 0.25) is 21.8 Å². The van der Waals surface area contributed by atoms with Crippen LogP contribution in [-0.2, 0) is 26.2 Å². The van der Waals surface area contributed by atoms with Crippen molar-refractivity contribution in [3.8, 4) is 0 Å². The Morgan fingerprint density at radius 2 is 1.47 bits per heavy atom. The van der Waals surface area contributed by atoms with Crippen LogP contribution >= 0.6 is 0 Å². The maximum atomic E-state index is 13.6. The van der Waals surface area contributed by atoms with E-state index in [4.69, 9.17) is 0 Å². The summed E-state index contributed by atoms with van der Waals surface area (Å²) < 4.78 is 26.7. The summed E-state index contributed by atoms with van der Waals surface area (Å²) in [4.78, 5) is 28.0. The molecule has 2 aromatic rings. The van der Waals surface area contributed by atoms with Gasteiger partial charge >= 0.3 is 0 Å². The van der Waals surface area contributed by atoms with E-state index in [0.29, 0.717) is 12.2 Å². The van der Waals surface area contributed by atoms with E-state index in [9.17, 15) is 18.0 Å². The van der Waals surface area contributed by atoms with Crippen molar-refractivity contribution < 1.29 is 18.0 Å². The summed E-state index contributed by atoms with van der Waals surface area (Å²) in [6.45, 7) is 11.6. The minimum absolute atomic E-state index is 0.201. The molecular weight excluding hydrogens is 450 g/mol. The van der Waals surface area contributed by atoms with Crippen LogP contribution in [0.3, 0.4) is 0 Å². The van der Waals surface area contributed by atoms with Crippen molar-refractivity contribution in [1.29, 1.82) is 0 Å². The molecule has 0 aliphatic rings. The molecule has 2 aromatic carbocycles. The Kier molecular flexibility index (Phi) is 9.27. The molecule has 0 saturated carbocycles. The average Bonchev–Trinajstić information content (AvgIpc) is 2.74. The highest BCUT2D eigenvalue weighted by atomic mass is 32.2. The molecule has 186 valence electrons. The molecule has 0 heterocycles. The topological polar surface area (TPSA) is 86.8 Å². The molecular formula is C26H37N3O4S. The van der Waals surface area contributed by atoms with Gasteiger partial charge in [-0.15, -0.1) is 0 Å². The van der Waals surface area contributed by atoms with Crippen LogP contribution in [0.1, 0.15) is 43.0 Å². The maximum absolute atomic E-state index is 13.6. The number of carbonyl (C=O) groups is 2. The van der Waals surface area contributed by atoms with Crippen LogP contribution in [0.4, 0.5) is 5.69 Å². The molecule has 1 atom stereocenters. The van der Waals surface area contributed by atoms with Crippen LogP contribution in [-0.4, -0.2) is 50.5 Å². The predicted octanol–water partition coefficient (Wildman–Crippen LogP) is 3.57. The smallest absolute Gasteiger partial charge is 0.244 e. The second-order valence-electron chi connectivity index (χ2n) is 9.27. The summed E-state index contributed by atoms with van der Waals surface area (Å²) in [7, 11) is -3.75. The molecule has 34 heavy (non-hydrogen) atoms. The van der Waals surface area contributed by atoms with Crippen molar-refractivity contribution in [1.82, 2.24) is 10.2 Å². The van der Waals surface area contributed by atoms with Gasteiger partial charge in [0.05, 0.1) is 11.9 Å². The molecule has 0 bridgehead atoms. The molecule has 0 fully saturated rings. The first-order chi connectivity index (χ1) is 15.8. The lowest BCUT2D eigenvalue weighted by molar-refractivity contribution is -0.139. The minimum Gasteiger partial charge on any atom is -0.354 e. The van der Waals surface area contributed by atoms with Gasteiger partial charge < -0.3 is 10.2 Å². The van der Waals surface area contributed by atoms with Gasteiger partial charge in [-0.2, -0.15) is 0 Å². The SMILES string of the molecule is Cc1ccccc1CN(C(=O)CN(c1c(C)cccc1C)S(C)(=O)=O)[C@H](C)C(=O)NCC(C)C. The summed E-state index contributed by atoms with van der Waals surface area (Å²) in [5.74, 6) is -0.446. The zero-order chi connectivity index (χ0) is 25.6. The van der Waals surface area contributed by atoms with Gasteiger partial charge in [-0.1, -0.05) is 56.3 Å². The number of amides is 2. The van der Waals surface area contributed by atoms with E-state index in [1.165, 1.54) is 4.90 Å². The lowest BCUT2D eigenvalue weighted by Gasteiger charge is -2.32. The summed E-state index contributed by atoms with van der Waals surface area (Å²) in [6.07, 6.45) is 1.09. The van der Waals surface area contributed by atoms with Crippen LogP contribution in [0.15, 0.2) is 42.5 Å². The van der Waals surface area contributed by atoms with Crippen LogP contribution in [0.25, 0.3) is 0 Å². The van der Waals surface area contributed by atoms with Gasteiger partial charge in [-0.3, -0.25) is 13.9 Å². The minimum atomic E-state index is -3.75. The Morgan fingerprint density at radius 3 is 2.00 bits per heavy atom. The van der Waals surface area contributed by atoms with Crippen LogP contribution < -0.4 is 9.62 Å². The summed E-state index contributed by atoms with van der Waals surface area (Å²) >= 11 is 0. The second kappa shape index (κ2) is 11.5. The van der Waals surface area contributed by atoms with Gasteiger partial charge in [-0.25, -0.2) is 8.42 Å². The van der Waals surface area contributed by atoms with Gasteiger partial charge in [0.15, 0.2) is 0 Å². The molecule has 0 aromatic heterocycles. The lowest BCUT2D eigenvalue weighted by Crippen LogP contribution is -2.51. The molecule has 0 aliphatic carbocycles. The summed E-state index contributed by atoms with van der Waals surface area (Å²) in [5.41, 5.74) is 3.89. The van der Waals surface area contributed by atoms with Crippen LogP contribution in [0.2, 0.25) is 0 Å². The third-order valence-corrected chi connectivity index (χ3v) is 6.93. The molecule has 0 radical (unpaired) electrons. The molecule has 0 spiro atoms. The van der Waals surface area contributed by atoms with Gasteiger partial charge in [-0.05, 0) is 55.9 Å². The first-order valence-electron chi connectivity index (χ1n) is 11.5.